The number of alkyl halides is 3. The van der Waals surface area contributed by atoms with Crippen LogP contribution in [-0.2, 0) is 0 Å². The van der Waals surface area contributed by atoms with E-state index in [4.69, 9.17) is 0 Å². The Kier molecular flexibility index (Phi) is 5.55. The van der Waals surface area contributed by atoms with Crippen LogP contribution >= 0.6 is 0 Å². The Morgan fingerprint density at radius 1 is 1.25 bits per heavy atom. The molecule has 0 unspecified atom stereocenters. The Bertz CT molecular complexity index is 186. The van der Waals surface area contributed by atoms with Gasteiger partial charge in [0.1, 0.15) is 0 Å². The molecule has 0 aromatic carbocycles. The minimum absolute atomic E-state index is 0.0531. The summed E-state index contributed by atoms with van der Waals surface area (Å²) in [7, 11) is 0. The molecule has 2 nitrogen and oxygen atoms in total. The summed E-state index contributed by atoms with van der Waals surface area (Å²) in [6.07, 6.45) is -2.54. The quantitative estimate of drug-likeness (QED) is 0.739. The standard InChI is InChI=1S/C11H21F3N2/c1-2-16-7-3-10(4-8-16)9-15-6-5-11(12,13)14/h10,15H,2-9H2,1H3. The zero-order chi connectivity index (χ0) is 12.0. The molecule has 0 saturated carbocycles. The van der Waals surface area contributed by atoms with Gasteiger partial charge in [0.25, 0.3) is 0 Å². The van der Waals surface area contributed by atoms with Gasteiger partial charge in [0.2, 0.25) is 0 Å². The van der Waals surface area contributed by atoms with E-state index in [2.05, 4.69) is 17.1 Å². The largest absolute Gasteiger partial charge is 0.390 e. The molecule has 0 spiro atoms. The zero-order valence-electron chi connectivity index (χ0n) is 9.82. The summed E-state index contributed by atoms with van der Waals surface area (Å²) in [5.74, 6) is 0.552. The molecule has 0 radical (unpaired) electrons. The highest BCUT2D eigenvalue weighted by Gasteiger charge is 2.26. The molecular formula is C11H21F3N2. The van der Waals surface area contributed by atoms with Crippen LogP contribution in [0.5, 0.6) is 0 Å². The van der Waals surface area contributed by atoms with Crippen LogP contribution < -0.4 is 5.32 Å². The van der Waals surface area contributed by atoms with Crippen molar-refractivity contribution in [3.05, 3.63) is 0 Å². The van der Waals surface area contributed by atoms with Crippen molar-refractivity contribution in [2.75, 3.05) is 32.7 Å². The topological polar surface area (TPSA) is 15.3 Å². The molecule has 0 aromatic rings. The maximum absolute atomic E-state index is 11.9. The number of halogens is 3. The average Bonchev–Trinajstić information content (AvgIpc) is 2.24. The van der Waals surface area contributed by atoms with E-state index in [-0.39, 0.29) is 6.54 Å². The van der Waals surface area contributed by atoms with E-state index in [0.717, 1.165) is 39.0 Å². The van der Waals surface area contributed by atoms with Crippen molar-refractivity contribution in [1.29, 1.82) is 0 Å². The summed E-state index contributed by atoms with van der Waals surface area (Å²) >= 11 is 0. The number of hydrogen-bond donors (Lipinski definition) is 1. The molecule has 0 amide bonds. The fourth-order valence-corrected chi connectivity index (χ4v) is 2.04. The fourth-order valence-electron chi connectivity index (χ4n) is 2.04. The van der Waals surface area contributed by atoms with Crippen molar-refractivity contribution in [3.63, 3.8) is 0 Å². The number of nitrogens with one attached hydrogen (secondary N) is 1. The predicted molar refractivity (Wildman–Crippen MR) is 58.4 cm³/mol. The molecule has 1 fully saturated rings. The number of likely N-dealkylation sites (tertiary alicyclic amines) is 1. The summed E-state index contributed by atoms with van der Waals surface area (Å²) in [5, 5.41) is 2.91. The molecule has 16 heavy (non-hydrogen) atoms. The number of piperidine rings is 1. The Labute approximate surface area is 95.2 Å². The second kappa shape index (κ2) is 6.45. The van der Waals surface area contributed by atoms with Gasteiger partial charge >= 0.3 is 6.18 Å². The van der Waals surface area contributed by atoms with E-state index in [0.29, 0.717) is 5.92 Å². The van der Waals surface area contributed by atoms with Crippen LogP contribution in [0.4, 0.5) is 13.2 Å². The highest BCUT2D eigenvalue weighted by Crippen LogP contribution is 2.19. The molecule has 0 bridgehead atoms. The van der Waals surface area contributed by atoms with Gasteiger partial charge in [-0.25, -0.2) is 0 Å². The number of nitrogens with zero attached hydrogens (tertiary/aromatic N) is 1. The molecule has 5 heteroatoms. The highest BCUT2D eigenvalue weighted by atomic mass is 19.4. The molecule has 1 N–H and O–H groups in total. The smallest absolute Gasteiger partial charge is 0.316 e. The van der Waals surface area contributed by atoms with Crippen LogP contribution in [0.3, 0.4) is 0 Å². The third kappa shape index (κ3) is 5.70. The van der Waals surface area contributed by atoms with Gasteiger partial charge in [-0.2, -0.15) is 13.2 Å². The lowest BCUT2D eigenvalue weighted by atomic mass is 9.97. The minimum atomic E-state index is -4.03. The Hall–Kier alpha value is -0.290. The summed E-state index contributed by atoms with van der Waals surface area (Å²) in [6, 6.07) is 0. The Morgan fingerprint density at radius 2 is 1.88 bits per heavy atom. The van der Waals surface area contributed by atoms with Gasteiger partial charge in [-0.1, -0.05) is 6.92 Å². The molecule has 1 saturated heterocycles. The summed E-state index contributed by atoms with van der Waals surface area (Å²) in [4.78, 5) is 2.38. The Morgan fingerprint density at radius 3 is 2.38 bits per heavy atom. The van der Waals surface area contributed by atoms with E-state index < -0.39 is 12.6 Å². The van der Waals surface area contributed by atoms with Gasteiger partial charge in [-0.3, -0.25) is 0 Å². The first-order valence-corrected chi connectivity index (χ1v) is 6.01. The molecule has 0 atom stereocenters. The van der Waals surface area contributed by atoms with E-state index in [1.54, 1.807) is 0 Å². The zero-order valence-corrected chi connectivity index (χ0v) is 9.82. The van der Waals surface area contributed by atoms with Crippen molar-refractivity contribution in [2.45, 2.75) is 32.4 Å². The molecule has 1 rings (SSSR count). The monoisotopic (exact) mass is 238 g/mol. The summed E-state index contributed by atoms with van der Waals surface area (Å²) in [6.45, 7) is 6.17. The van der Waals surface area contributed by atoms with Crippen LogP contribution in [0.15, 0.2) is 0 Å². The third-order valence-electron chi connectivity index (χ3n) is 3.17. The van der Waals surface area contributed by atoms with Crippen LogP contribution in [0, 0.1) is 5.92 Å². The summed E-state index contributed by atoms with van der Waals surface area (Å²) < 4.78 is 35.6. The van der Waals surface area contributed by atoms with Gasteiger partial charge in [0.05, 0.1) is 6.42 Å². The van der Waals surface area contributed by atoms with Crippen LogP contribution in [0.1, 0.15) is 26.2 Å². The third-order valence-corrected chi connectivity index (χ3v) is 3.17. The second-order valence-corrected chi connectivity index (χ2v) is 4.45. The highest BCUT2D eigenvalue weighted by molar-refractivity contribution is 4.73. The second-order valence-electron chi connectivity index (χ2n) is 4.45. The van der Waals surface area contributed by atoms with Crippen molar-refractivity contribution < 1.29 is 13.2 Å². The van der Waals surface area contributed by atoms with Crippen LogP contribution in [0.2, 0.25) is 0 Å². The lowest BCUT2D eigenvalue weighted by molar-refractivity contribution is -0.133. The fraction of sp³-hybridized carbons (Fsp3) is 1.00. The first-order chi connectivity index (χ1) is 7.51. The molecule has 0 aliphatic carbocycles. The van der Waals surface area contributed by atoms with Gasteiger partial charge in [-0.05, 0) is 44.9 Å². The van der Waals surface area contributed by atoms with Crippen molar-refractivity contribution in [3.8, 4) is 0 Å². The Balaban J connectivity index is 2.02. The van der Waals surface area contributed by atoms with Gasteiger partial charge < -0.3 is 10.2 Å². The first kappa shape index (κ1) is 13.8. The van der Waals surface area contributed by atoms with Crippen molar-refractivity contribution >= 4 is 0 Å². The van der Waals surface area contributed by atoms with Crippen LogP contribution in [0.25, 0.3) is 0 Å². The first-order valence-electron chi connectivity index (χ1n) is 6.01. The number of hydrogen-bond acceptors (Lipinski definition) is 2. The van der Waals surface area contributed by atoms with Crippen LogP contribution in [-0.4, -0.2) is 43.8 Å². The molecule has 1 heterocycles. The lowest BCUT2D eigenvalue weighted by Crippen LogP contribution is -2.37. The maximum atomic E-state index is 11.9. The lowest BCUT2D eigenvalue weighted by Gasteiger charge is -2.31. The van der Waals surface area contributed by atoms with E-state index >= 15 is 0 Å². The van der Waals surface area contributed by atoms with Gasteiger partial charge in [0, 0.05) is 6.54 Å². The SMILES string of the molecule is CCN1CCC(CNCCC(F)(F)F)CC1. The molecule has 0 aromatic heterocycles. The molecular weight excluding hydrogens is 217 g/mol. The van der Waals surface area contributed by atoms with Gasteiger partial charge in [0.15, 0.2) is 0 Å². The average molecular weight is 238 g/mol. The maximum Gasteiger partial charge on any atom is 0.390 e. The van der Waals surface area contributed by atoms with Gasteiger partial charge in [-0.15, -0.1) is 0 Å². The normalized spacial score (nSPS) is 20.2. The van der Waals surface area contributed by atoms with E-state index in [1.165, 1.54) is 0 Å². The molecule has 96 valence electrons. The van der Waals surface area contributed by atoms with Crippen molar-refractivity contribution in [2.24, 2.45) is 5.92 Å². The summed E-state index contributed by atoms with van der Waals surface area (Å²) in [5.41, 5.74) is 0. The van der Waals surface area contributed by atoms with Crippen molar-refractivity contribution in [1.82, 2.24) is 10.2 Å². The van der Waals surface area contributed by atoms with E-state index in [9.17, 15) is 13.2 Å². The molecule has 1 aliphatic rings. The number of rotatable bonds is 5. The molecule has 1 aliphatic heterocycles. The van der Waals surface area contributed by atoms with E-state index in [1.807, 2.05) is 0 Å². The predicted octanol–water partition coefficient (Wildman–Crippen LogP) is 2.26. The minimum Gasteiger partial charge on any atom is -0.316 e.